The number of likely N-dealkylation sites (tertiary alicyclic amines) is 1. The smallest absolute Gasteiger partial charge is 0.274 e. The van der Waals surface area contributed by atoms with E-state index in [0.29, 0.717) is 24.7 Å². The molecule has 0 spiro atoms. The second-order valence-corrected chi connectivity index (χ2v) is 5.99. The molecule has 2 aromatic rings. The zero-order valence-electron chi connectivity index (χ0n) is 13.9. The third kappa shape index (κ3) is 3.55. The molecule has 1 aromatic heterocycles. The molecule has 0 bridgehead atoms. The van der Waals surface area contributed by atoms with Crippen LogP contribution < -0.4 is 10.5 Å². The van der Waals surface area contributed by atoms with Gasteiger partial charge in [0, 0.05) is 18.8 Å². The fraction of sp³-hybridized carbons (Fsp3) is 0.412. The molecule has 0 radical (unpaired) electrons. The average Bonchev–Trinajstić information content (AvgIpc) is 3.21. The minimum Gasteiger partial charge on any atom is -0.497 e. The van der Waals surface area contributed by atoms with Gasteiger partial charge in [-0.25, -0.2) is 4.68 Å². The maximum absolute atomic E-state index is 12.7. The lowest BCUT2D eigenvalue weighted by Gasteiger charge is -2.20. The van der Waals surface area contributed by atoms with Crippen molar-refractivity contribution >= 4 is 18.3 Å². The highest BCUT2D eigenvalue weighted by Crippen LogP contribution is 2.24. The van der Waals surface area contributed by atoms with E-state index in [4.69, 9.17) is 10.5 Å². The minimum absolute atomic E-state index is 0. The predicted octanol–water partition coefficient (Wildman–Crippen LogP) is 2.11. The summed E-state index contributed by atoms with van der Waals surface area (Å²) in [7, 11) is 1.63. The van der Waals surface area contributed by atoms with E-state index in [1.165, 1.54) is 0 Å². The summed E-state index contributed by atoms with van der Waals surface area (Å²) >= 11 is 0. The summed E-state index contributed by atoms with van der Waals surface area (Å²) in [6.45, 7) is 3.40. The predicted molar refractivity (Wildman–Crippen MR) is 95.0 cm³/mol. The summed E-state index contributed by atoms with van der Waals surface area (Å²) in [4.78, 5) is 14.5. The van der Waals surface area contributed by atoms with Crippen molar-refractivity contribution < 1.29 is 9.53 Å². The van der Waals surface area contributed by atoms with Crippen LogP contribution >= 0.6 is 12.4 Å². The van der Waals surface area contributed by atoms with Crippen molar-refractivity contribution in [2.24, 2.45) is 11.7 Å². The van der Waals surface area contributed by atoms with Crippen molar-refractivity contribution in [1.29, 1.82) is 0 Å². The van der Waals surface area contributed by atoms with Gasteiger partial charge in [-0.1, -0.05) is 0 Å². The van der Waals surface area contributed by atoms with Gasteiger partial charge in [-0.2, -0.15) is 5.10 Å². The number of hydrogen-bond donors (Lipinski definition) is 1. The topological polar surface area (TPSA) is 73.4 Å². The van der Waals surface area contributed by atoms with Crippen LogP contribution in [0.2, 0.25) is 0 Å². The van der Waals surface area contributed by atoms with E-state index in [2.05, 4.69) is 12.0 Å². The van der Waals surface area contributed by atoms with Gasteiger partial charge in [0.05, 0.1) is 12.8 Å². The maximum Gasteiger partial charge on any atom is 0.274 e. The van der Waals surface area contributed by atoms with Gasteiger partial charge in [0.15, 0.2) is 5.69 Å². The largest absolute Gasteiger partial charge is 0.497 e. The Hall–Kier alpha value is -2.05. The van der Waals surface area contributed by atoms with Crippen molar-refractivity contribution in [3.8, 4) is 11.4 Å². The van der Waals surface area contributed by atoms with Crippen molar-refractivity contribution in [2.45, 2.75) is 19.4 Å². The summed E-state index contributed by atoms with van der Waals surface area (Å²) in [6, 6.07) is 9.52. The minimum atomic E-state index is -0.0271. The quantitative estimate of drug-likeness (QED) is 0.916. The number of rotatable bonds is 4. The Labute approximate surface area is 148 Å². The molecule has 1 aliphatic rings. The number of amides is 1. The summed E-state index contributed by atoms with van der Waals surface area (Å²) in [5.74, 6) is 1.15. The first-order chi connectivity index (χ1) is 11.1. The average molecular weight is 351 g/mol. The number of ether oxygens (including phenoxy) is 1. The molecule has 1 saturated heterocycles. The van der Waals surface area contributed by atoms with Gasteiger partial charge in [0.1, 0.15) is 5.75 Å². The third-order valence-electron chi connectivity index (χ3n) is 4.40. The van der Waals surface area contributed by atoms with Crippen molar-refractivity contribution in [3.05, 3.63) is 42.2 Å². The lowest BCUT2D eigenvalue weighted by molar-refractivity contribution is 0.0737. The molecule has 2 unspecified atom stereocenters. The van der Waals surface area contributed by atoms with Gasteiger partial charge in [-0.3, -0.25) is 4.79 Å². The van der Waals surface area contributed by atoms with E-state index in [1.54, 1.807) is 24.1 Å². The molecule has 130 valence electrons. The van der Waals surface area contributed by atoms with Crippen LogP contribution in [0.5, 0.6) is 5.75 Å². The highest BCUT2D eigenvalue weighted by atomic mass is 35.5. The van der Waals surface area contributed by atoms with Gasteiger partial charge in [0.25, 0.3) is 5.91 Å². The van der Waals surface area contributed by atoms with Gasteiger partial charge < -0.3 is 15.4 Å². The molecule has 0 aliphatic carbocycles. The fourth-order valence-corrected chi connectivity index (χ4v) is 3.06. The molecular formula is C17H23ClN4O2. The molecule has 2 N–H and O–H groups in total. The van der Waals surface area contributed by atoms with E-state index in [-0.39, 0.29) is 24.4 Å². The molecule has 2 heterocycles. The molecule has 7 heteroatoms. The highest BCUT2D eigenvalue weighted by molar-refractivity contribution is 5.92. The normalized spacial score (nSPS) is 19.9. The van der Waals surface area contributed by atoms with E-state index in [1.807, 2.05) is 29.2 Å². The molecule has 2 atom stereocenters. The van der Waals surface area contributed by atoms with Crippen LogP contribution in [0, 0.1) is 5.92 Å². The van der Waals surface area contributed by atoms with Crippen molar-refractivity contribution in [1.82, 2.24) is 14.7 Å². The van der Waals surface area contributed by atoms with E-state index in [9.17, 15) is 4.79 Å². The molecule has 24 heavy (non-hydrogen) atoms. The van der Waals surface area contributed by atoms with E-state index in [0.717, 1.165) is 17.9 Å². The zero-order chi connectivity index (χ0) is 16.4. The first-order valence-corrected chi connectivity index (χ1v) is 7.83. The summed E-state index contributed by atoms with van der Waals surface area (Å²) < 4.78 is 6.85. The summed E-state index contributed by atoms with van der Waals surface area (Å²) in [5.41, 5.74) is 7.08. The number of aromatic nitrogens is 2. The number of carbonyl (C=O) groups is 1. The number of benzene rings is 1. The number of carbonyl (C=O) groups excluding carboxylic acids is 1. The monoisotopic (exact) mass is 350 g/mol. The summed E-state index contributed by atoms with van der Waals surface area (Å²) in [5, 5.41) is 4.42. The standard InChI is InChI=1S/C17H22N4O2.ClH/c1-12-9-13(10-18)11-20(12)17(22)16-7-8-21(19-16)14-3-5-15(23-2)6-4-14;/h3-8,12-13H,9-11,18H2,1-2H3;1H. The summed E-state index contributed by atoms with van der Waals surface area (Å²) in [6.07, 6.45) is 2.76. The molecule has 1 amide bonds. The van der Waals surface area contributed by atoms with Crippen LogP contribution in [-0.2, 0) is 0 Å². The number of nitrogens with zero attached hydrogens (tertiary/aromatic N) is 3. The van der Waals surface area contributed by atoms with E-state index < -0.39 is 0 Å². The van der Waals surface area contributed by atoms with Crippen LogP contribution in [0.25, 0.3) is 5.69 Å². The number of halogens is 1. The Morgan fingerprint density at radius 1 is 1.33 bits per heavy atom. The zero-order valence-corrected chi connectivity index (χ0v) is 14.7. The van der Waals surface area contributed by atoms with Crippen LogP contribution in [0.15, 0.2) is 36.5 Å². The molecule has 1 fully saturated rings. The van der Waals surface area contributed by atoms with Gasteiger partial charge in [-0.15, -0.1) is 12.4 Å². The Balaban J connectivity index is 0.00000208. The Morgan fingerprint density at radius 2 is 2.04 bits per heavy atom. The Bertz CT molecular complexity index is 686. The molecule has 1 aromatic carbocycles. The Morgan fingerprint density at radius 3 is 2.62 bits per heavy atom. The third-order valence-corrected chi connectivity index (χ3v) is 4.40. The van der Waals surface area contributed by atoms with Crippen LogP contribution in [0.3, 0.4) is 0 Å². The molecule has 0 saturated carbocycles. The van der Waals surface area contributed by atoms with Crippen LogP contribution in [0.4, 0.5) is 0 Å². The second-order valence-electron chi connectivity index (χ2n) is 5.99. The first kappa shape index (κ1) is 18.3. The second kappa shape index (κ2) is 7.68. The SMILES string of the molecule is COc1ccc(-n2ccc(C(=O)N3CC(CN)CC3C)n2)cc1.Cl. The van der Waals surface area contributed by atoms with Crippen LogP contribution in [0.1, 0.15) is 23.8 Å². The fourth-order valence-electron chi connectivity index (χ4n) is 3.06. The Kier molecular flexibility index (Phi) is 5.85. The van der Waals surface area contributed by atoms with Gasteiger partial charge in [0.2, 0.25) is 0 Å². The van der Waals surface area contributed by atoms with Gasteiger partial charge in [-0.05, 0) is 56.1 Å². The van der Waals surface area contributed by atoms with Crippen molar-refractivity contribution in [2.75, 3.05) is 20.2 Å². The highest BCUT2D eigenvalue weighted by Gasteiger charge is 2.32. The van der Waals surface area contributed by atoms with Crippen LogP contribution in [-0.4, -0.2) is 46.8 Å². The number of nitrogens with two attached hydrogens (primary N) is 1. The number of methoxy groups -OCH3 is 1. The molecule has 6 nitrogen and oxygen atoms in total. The van der Waals surface area contributed by atoms with Gasteiger partial charge >= 0.3 is 0 Å². The lowest BCUT2D eigenvalue weighted by Crippen LogP contribution is -2.34. The van der Waals surface area contributed by atoms with Crippen molar-refractivity contribution in [3.63, 3.8) is 0 Å². The maximum atomic E-state index is 12.7. The molecular weight excluding hydrogens is 328 g/mol. The first-order valence-electron chi connectivity index (χ1n) is 7.83. The number of hydrogen-bond acceptors (Lipinski definition) is 4. The molecule has 1 aliphatic heterocycles. The lowest BCUT2D eigenvalue weighted by atomic mass is 10.1. The molecule has 3 rings (SSSR count). The van der Waals surface area contributed by atoms with E-state index >= 15 is 0 Å².